The number of rotatable bonds is 4. The number of hydrogen-bond donors (Lipinski definition) is 1. The summed E-state index contributed by atoms with van der Waals surface area (Å²) >= 11 is 0. The van der Waals surface area contributed by atoms with Crippen LogP contribution in [-0.2, 0) is 0 Å². The quantitative estimate of drug-likeness (QED) is 0.865. The van der Waals surface area contributed by atoms with E-state index < -0.39 is 0 Å². The summed E-state index contributed by atoms with van der Waals surface area (Å²) in [6.07, 6.45) is 13.1. The highest BCUT2D eigenvalue weighted by atomic mass is 16.1. The molecule has 2 aliphatic heterocycles. The Morgan fingerprint density at radius 1 is 0.931 bits per heavy atom. The van der Waals surface area contributed by atoms with E-state index in [0.29, 0.717) is 12.1 Å². The number of nitrogens with one attached hydrogen (secondary N) is 1. The van der Waals surface area contributed by atoms with Crippen molar-refractivity contribution in [3.8, 4) is 11.3 Å². The van der Waals surface area contributed by atoms with Gasteiger partial charge in [-0.2, -0.15) is 5.10 Å². The van der Waals surface area contributed by atoms with E-state index in [1.54, 1.807) is 29.2 Å². The molecule has 6 heteroatoms. The van der Waals surface area contributed by atoms with Crippen LogP contribution in [0.3, 0.4) is 0 Å². The summed E-state index contributed by atoms with van der Waals surface area (Å²) in [4.78, 5) is 19.2. The lowest BCUT2D eigenvalue weighted by atomic mass is 9.89. The highest BCUT2D eigenvalue weighted by Crippen LogP contribution is 2.35. The van der Waals surface area contributed by atoms with Gasteiger partial charge in [0.05, 0.1) is 11.7 Å². The van der Waals surface area contributed by atoms with Gasteiger partial charge in [0.15, 0.2) is 0 Å². The van der Waals surface area contributed by atoms with E-state index in [0.717, 1.165) is 49.0 Å². The molecule has 0 spiro atoms. The summed E-state index contributed by atoms with van der Waals surface area (Å²) in [5.41, 5.74) is 1.77. The molecule has 3 fully saturated rings. The molecule has 2 bridgehead atoms. The van der Waals surface area contributed by atoms with E-state index in [4.69, 9.17) is 0 Å². The van der Waals surface area contributed by atoms with Crippen molar-refractivity contribution in [3.05, 3.63) is 47.0 Å². The first-order valence-electron chi connectivity index (χ1n) is 11.2. The van der Waals surface area contributed by atoms with Crippen molar-refractivity contribution in [3.63, 3.8) is 0 Å². The van der Waals surface area contributed by atoms with Crippen LogP contribution in [0, 0.1) is 0 Å². The summed E-state index contributed by atoms with van der Waals surface area (Å²) in [6, 6.07) is 10.3. The average molecular weight is 394 g/mol. The molecule has 0 aromatic carbocycles. The number of hydrogen-bond acceptors (Lipinski definition) is 5. The third kappa shape index (κ3) is 3.88. The number of pyridine rings is 1. The molecule has 1 saturated carbocycles. The molecule has 3 aliphatic rings. The molecule has 29 heavy (non-hydrogen) atoms. The minimum atomic E-state index is 0.000873. The normalized spacial score (nSPS) is 32.4. The van der Waals surface area contributed by atoms with Crippen molar-refractivity contribution in [2.75, 3.05) is 7.05 Å². The van der Waals surface area contributed by atoms with Gasteiger partial charge in [0.1, 0.15) is 0 Å². The number of aromatic nitrogens is 3. The summed E-state index contributed by atoms with van der Waals surface area (Å²) in [5.74, 6) is 0. The van der Waals surface area contributed by atoms with Crippen molar-refractivity contribution in [2.24, 2.45) is 0 Å². The van der Waals surface area contributed by atoms with Crippen molar-refractivity contribution < 1.29 is 0 Å². The molecule has 2 unspecified atom stereocenters. The molecular weight excluding hydrogens is 362 g/mol. The van der Waals surface area contributed by atoms with Crippen LogP contribution in [0.15, 0.2) is 41.5 Å². The van der Waals surface area contributed by atoms with E-state index >= 15 is 0 Å². The molecule has 6 nitrogen and oxygen atoms in total. The summed E-state index contributed by atoms with van der Waals surface area (Å²) in [5, 5.41) is 8.64. The van der Waals surface area contributed by atoms with Gasteiger partial charge >= 0.3 is 0 Å². The Balaban J connectivity index is 1.21. The Hall–Kier alpha value is -2.05. The lowest BCUT2D eigenvalue weighted by Crippen LogP contribution is -2.50. The molecule has 0 radical (unpaired) electrons. The van der Waals surface area contributed by atoms with Crippen LogP contribution in [0.2, 0.25) is 0 Å². The third-order valence-corrected chi connectivity index (χ3v) is 7.39. The zero-order valence-corrected chi connectivity index (χ0v) is 17.2. The molecule has 5 rings (SSSR count). The van der Waals surface area contributed by atoms with Gasteiger partial charge in [0.25, 0.3) is 5.56 Å². The van der Waals surface area contributed by atoms with Crippen LogP contribution in [0.1, 0.15) is 57.4 Å². The van der Waals surface area contributed by atoms with Crippen molar-refractivity contribution in [1.82, 2.24) is 25.0 Å². The molecule has 1 aliphatic carbocycles. The minimum absolute atomic E-state index is 0.000873. The SMILES string of the molecule is CN1C2CCC1CC(NC1CCC(n3nc(-c4cccnc4)ccc3=O)CC1)C2. The van der Waals surface area contributed by atoms with Gasteiger partial charge in [0.2, 0.25) is 0 Å². The second kappa shape index (κ2) is 8.00. The molecule has 0 amide bonds. The van der Waals surface area contributed by atoms with Crippen LogP contribution in [0.25, 0.3) is 11.3 Å². The monoisotopic (exact) mass is 393 g/mol. The maximum atomic E-state index is 12.5. The largest absolute Gasteiger partial charge is 0.311 e. The highest BCUT2D eigenvalue weighted by Gasteiger charge is 2.39. The van der Waals surface area contributed by atoms with E-state index in [1.807, 2.05) is 12.1 Å². The average Bonchev–Trinajstić information content (AvgIpc) is 2.96. The first-order chi connectivity index (χ1) is 14.2. The fraction of sp³-hybridized carbons (Fsp3) is 0.609. The maximum absolute atomic E-state index is 12.5. The zero-order chi connectivity index (χ0) is 19.8. The molecular formula is C23H31N5O. The second-order valence-electron chi connectivity index (χ2n) is 9.13. The lowest BCUT2D eigenvalue weighted by molar-refractivity contribution is 0.135. The van der Waals surface area contributed by atoms with Gasteiger partial charge in [-0.15, -0.1) is 0 Å². The van der Waals surface area contributed by atoms with Crippen LogP contribution >= 0.6 is 0 Å². The van der Waals surface area contributed by atoms with Gasteiger partial charge in [-0.05, 0) is 76.6 Å². The third-order valence-electron chi connectivity index (χ3n) is 7.39. The molecule has 154 valence electrons. The lowest BCUT2D eigenvalue weighted by Gasteiger charge is -2.39. The smallest absolute Gasteiger partial charge is 0.267 e. The van der Waals surface area contributed by atoms with Crippen molar-refractivity contribution in [2.45, 2.75) is 81.6 Å². The number of fused-ring (bicyclic) bond motifs is 2. The van der Waals surface area contributed by atoms with Crippen molar-refractivity contribution >= 4 is 0 Å². The summed E-state index contributed by atoms with van der Waals surface area (Å²) in [7, 11) is 2.30. The first-order valence-corrected chi connectivity index (χ1v) is 11.2. The van der Waals surface area contributed by atoms with E-state index in [-0.39, 0.29) is 11.6 Å². The Kier molecular flexibility index (Phi) is 5.22. The minimum Gasteiger partial charge on any atom is -0.311 e. The van der Waals surface area contributed by atoms with Crippen molar-refractivity contribution in [1.29, 1.82) is 0 Å². The fourth-order valence-corrected chi connectivity index (χ4v) is 5.72. The van der Waals surface area contributed by atoms with Crippen LogP contribution in [0.4, 0.5) is 0 Å². The fourth-order valence-electron chi connectivity index (χ4n) is 5.72. The highest BCUT2D eigenvalue weighted by molar-refractivity contribution is 5.56. The summed E-state index contributed by atoms with van der Waals surface area (Å²) < 4.78 is 1.72. The van der Waals surface area contributed by atoms with Gasteiger partial charge in [0, 0.05) is 48.2 Å². The molecule has 2 aromatic rings. The van der Waals surface area contributed by atoms with E-state index in [2.05, 4.69) is 27.3 Å². The molecule has 4 heterocycles. The Labute approximate surface area is 172 Å². The first kappa shape index (κ1) is 18.9. The van der Waals surface area contributed by atoms with Crippen LogP contribution in [-0.4, -0.2) is 50.9 Å². The number of nitrogens with zero attached hydrogens (tertiary/aromatic N) is 4. The maximum Gasteiger partial charge on any atom is 0.267 e. The Bertz CT molecular complexity index is 876. The topological polar surface area (TPSA) is 63.1 Å². The Morgan fingerprint density at radius 2 is 1.66 bits per heavy atom. The molecule has 2 atom stereocenters. The van der Waals surface area contributed by atoms with E-state index in [1.165, 1.54) is 25.7 Å². The van der Waals surface area contributed by atoms with E-state index in [9.17, 15) is 4.79 Å². The Morgan fingerprint density at radius 3 is 2.34 bits per heavy atom. The molecule has 2 saturated heterocycles. The molecule has 2 aromatic heterocycles. The zero-order valence-electron chi connectivity index (χ0n) is 17.2. The van der Waals surface area contributed by atoms with Gasteiger partial charge in [-0.25, -0.2) is 4.68 Å². The van der Waals surface area contributed by atoms with Crippen LogP contribution in [0.5, 0.6) is 0 Å². The van der Waals surface area contributed by atoms with Gasteiger partial charge in [-0.3, -0.25) is 9.78 Å². The predicted octanol–water partition coefficient (Wildman–Crippen LogP) is 3.00. The standard InChI is InChI=1S/C23H31N5O/c1-27-20-8-9-21(27)14-18(13-20)25-17-4-6-19(7-5-17)28-23(29)11-10-22(26-28)16-3-2-12-24-15-16/h2-3,10-12,15,17-21,25H,4-9,13-14H2,1H3. The van der Waals surface area contributed by atoms with Gasteiger partial charge in [-0.1, -0.05) is 0 Å². The van der Waals surface area contributed by atoms with Crippen LogP contribution < -0.4 is 10.9 Å². The number of piperidine rings is 1. The van der Waals surface area contributed by atoms with Gasteiger partial charge < -0.3 is 10.2 Å². The molecule has 1 N–H and O–H groups in total. The summed E-state index contributed by atoms with van der Waals surface area (Å²) in [6.45, 7) is 0. The second-order valence-corrected chi connectivity index (χ2v) is 9.13. The predicted molar refractivity (Wildman–Crippen MR) is 114 cm³/mol.